The van der Waals surface area contributed by atoms with Gasteiger partial charge in [-0.15, -0.1) is 11.8 Å². The van der Waals surface area contributed by atoms with Crippen LogP contribution in [0.2, 0.25) is 0 Å². The van der Waals surface area contributed by atoms with Gasteiger partial charge in [0.05, 0.1) is 24.2 Å². The fraction of sp³-hybridized carbons (Fsp3) is 0.158. The lowest BCUT2D eigenvalue weighted by Gasteiger charge is -2.08. The van der Waals surface area contributed by atoms with E-state index in [-0.39, 0.29) is 17.4 Å². The molecule has 0 spiro atoms. The van der Waals surface area contributed by atoms with E-state index in [1.807, 2.05) is 37.4 Å². The molecule has 0 saturated heterocycles. The highest BCUT2D eigenvalue weighted by molar-refractivity contribution is 7.98. The first-order chi connectivity index (χ1) is 12.6. The summed E-state index contributed by atoms with van der Waals surface area (Å²) in [5, 5.41) is 7.21. The molecule has 5 nitrogen and oxygen atoms in total. The van der Waals surface area contributed by atoms with Crippen molar-refractivity contribution in [3.8, 4) is 11.4 Å². The molecule has 2 aromatic carbocycles. The highest BCUT2D eigenvalue weighted by atomic mass is 32.2. The number of carbonyl (C=O) groups excluding carboxylic acids is 1. The number of hydrogen-bond acceptors (Lipinski definition) is 4. The second-order valence-corrected chi connectivity index (χ2v) is 6.20. The minimum atomic E-state index is -0.365. The number of halogens is 1. The summed E-state index contributed by atoms with van der Waals surface area (Å²) in [6.07, 6.45) is 3.56. The number of para-hydroxylation sites is 1. The van der Waals surface area contributed by atoms with Crippen LogP contribution in [0, 0.1) is 5.82 Å². The molecule has 1 N–H and O–H groups in total. The summed E-state index contributed by atoms with van der Waals surface area (Å²) in [6.45, 7) is 2.23. The number of nitrogens with one attached hydrogen (secondary N) is 1. The molecule has 1 heterocycles. The van der Waals surface area contributed by atoms with Crippen LogP contribution in [0.15, 0.2) is 59.6 Å². The number of thioether (sulfide) groups is 1. The number of rotatable bonds is 6. The molecule has 3 aromatic rings. The second kappa shape index (κ2) is 8.05. The summed E-state index contributed by atoms with van der Waals surface area (Å²) in [5.41, 5.74) is 1.52. The predicted octanol–water partition coefficient (Wildman–Crippen LogP) is 4.38. The zero-order valence-electron chi connectivity index (χ0n) is 14.4. The van der Waals surface area contributed by atoms with Crippen molar-refractivity contribution in [3.05, 3.63) is 66.2 Å². The summed E-state index contributed by atoms with van der Waals surface area (Å²) in [5.74, 6) is -0.329. The lowest BCUT2D eigenvalue weighted by atomic mass is 10.3. The van der Waals surface area contributed by atoms with E-state index in [0.717, 1.165) is 4.90 Å². The van der Waals surface area contributed by atoms with Crippen LogP contribution in [-0.4, -0.2) is 28.6 Å². The molecule has 26 heavy (non-hydrogen) atoms. The van der Waals surface area contributed by atoms with Crippen LogP contribution in [0.1, 0.15) is 17.4 Å². The average molecular weight is 371 g/mol. The number of ether oxygens (including phenoxy) is 1. The molecule has 134 valence electrons. The van der Waals surface area contributed by atoms with Gasteiger partial charge in [-0.2, -0.15) is 5.10 Å². The van der Waals surface area contributed by atoms with E-state index in [1.54, 1.807) is 30.1 Å². The van der Waals surface area contributed by atoms with Gasteiger partial charge in [-0.05, 0) is 49.6 Å². The number of hydrogen-bond donors (Lipinski definition) is 1. The molecule has 0 atom stereocenters. The van der Waals surface area contributed by atoms with Crippen molar-refractivity contribution in [2.75, 3.05) is 18.2 Å². The summed E-state index contributed by atoms with van der Waals surface area (Å²) in [7, 11) is 0. The van der Waals surface area contributed by atoms with Gasteiger partial charge in [-0.3, -0.25) is 4.79 Å². The SMILES string of the molecule is CCOc1cn(-c2ccc(F)cc2)nc1C(=O)Nc1ccccc1SC. The van der Waals surface area contributed by atoms with Crippen molar-refractivity contribution in [1.82, 2.24) is 9.78 Å². The van der Waals surface area contributed by atoms with Crippen molar-refractivity contribution < 1.29 is 13.9 Å². The third-order valence-electron chi connectivity index (χ3n) is 3.64. The highest BCUT2D eigenvalue weighted by Crippen LogP contribution is 2.27. The zero-order chi connectivity index (χ0) is 18.5. The van der Waals surface area contributed by atoms with E-state index in [4.69, 9.17) is 4.74 Å². The van der Waals surface area contributed by atoms with E-state index >= 15 is 0 Å². The fourth-order valence-corrected chi connectivity index (χ4v) is 2.99. The number of nitrogens with zero attached hydrogens (tertiary/aromatic N) is 2. The molecule has 0 bridgehead atoms. The lowest BCUT2D eigenvalue weighted by Crippen LogP contribution is -2.15. The third-order valence-corrected chi connectivity index (χ3v) is 4.44. The minimum absolute atomic E-state index is 0.173. The monoisotopic (exact) mass is 371 g/mol. The quantitative estimate of drug-likeness (QED) is 0.653. The molecule has 7 heteroatoms. The third kappa shape index (κ3) is 3.88. The molecular formula is C19H18FN3O2S. The molecular weight excluding hydrogens is 353 g/mol. The molecule has 0 saturated carbocycles. The van der Waals surface area contributed by atoms with Gasteiger partial charge in [0.1, 0.15) is 5.82 Å². The van der Waals surface area contributed by atoms with Crippen molar-refractivity contribution >= 4 is 23.4 Å². The summed E-state index contributed by atoms with van der Waals surface area (Å²) in [6, 6.07) is 13.4. The van der Waals surface area contributed by atoms with Gasteiger partial charge in [-0.1, -0.05) is 12.1 Å². The predicted molar refractivity (Wildman–Crippen MR) is 101 cm³/mol. The Morgan fingerprint density at radius 1 is 1.23 bits per heavy atom. The number of carbonyl (C=O) groups is 1. The van der Waals surface area contributed by atoms with Crippen LogP contribution in [0.4, 0.5) is 10.1 Å². The van der Waals surface area contributed by atoms with Gasteiger partial charge < -0.3 is 10.1 Å². The Morgan fingerprint density at radius 2 is 1.96 bits per heavy atom. The molecule has 0 radical (unpaired) electrons. The summed E-state index contributed by atoms with van der Waals surface area (Å²) < 4.78 is 20.2. The molecule has 1 amide bonds. The van der Waals surface area contributed by atoms with Gasteiger partial charge in [0.2, 0.25) is 0 Å². The Morgan fingerprint density at radius 3 is 2.65 bits per heavy atom. The largest absolute Gasteiger partial charge is 0.490 e. The molecule has 1 aromatic heterocycles. The molecule has 0 fully saturated rings. The van der Waals surface area contributed by atoms with Gasteiger partial charge in [0.25, 0.3) is 5.91 Å². The normalized spacial score (nSPS) is 10.6. The van der Waals surface area contributed by atoms with E-state index < -0.39 is 0 Å². The van der Waals surface area contributed by atoms with E-state index in [1.165, 1.54) is 16.8 Å². The van der Waals surface area contributed by atoms with E-state index in [9.17, 15) is 9.18 Å². The Labute approximate surface area is 155 Å². The first kappa shape index (κ1) is 18.0. The summed E-state index contributed by atoms with van der Waals surface area (Å²) in [4.78, 5) is 13.7. The Kier molecular flexibility index (Phi) is 5.58. The van der Waals surface area contributed by atoms with Gasteiger partial charge in [-0.25, -0.2) is 9.07 Å². The van der Waals surface area contributed by atoms with E-state index in [2.05, 4.69) is 10.4 Å². The maximum Gasteiger partial charge on any atom is 0.280 e. The topological polar surface area (TPSA) is 56.2 Å². The van der Waals surface area contributed by atoms with Gasteiger partial charge >= 0.3 is 0 Å². The number of anilines is 1. The molecule has 0 aliphatic rings. The molecule has 3 rings (SSSR count). The maximum atomic E-state index is 13.1. The van der Waals surface area contributed by atoms with Crippen molar-refractivity contribution in [2.24, 2.45) is 0 Å². The minimum Gasteiger partial charge on any atom is -0.490 e. The van der Waals surface area contributed by atoms with Crippen molar-refractivity contribution in [3.63, 3.8) is 0 Å². The van der Waals surface area contributed by atoms with Crippen molar-refractivity contribution in [2.45, 2.75) is 11.8 Å². The van der Waals surface area contributed by atoms with E-state index in [0.29, 0.717) is 23.7 Å². The van der Waals surface area contributed by atoms with Crippen molar-refractivity contribution in [1.29, 1.82) is 0 Å². The van der Waals surface area contributed by atoms with Crippen LogP contribution >= 0.6 is 11.8 Å². The number of amides is 1. The Hall–Kier alpha value is -2.80. The fourth-order valence-electron chi connectivity index (χ4n) is 2.43. The highest BCUT2D eigenvalue weighted by Gasteiger charge is 2.20. The molecule has 0 aliphatic heterocycles. The maximum absolute atomic E-state index is 13.1. The zero-order valence-corrected chi connectivity index (χ0v) is 15.2. The first-order valence-electron chi connectivity index (χ1n) is 8.05. The molecule has 0 aliphatic carbocycles. The number of benzene rings is 2. The molecule has 0 unspecified atom stereocenters. The smallest absolute Gasteiger partial charge is 0.280 e. The summed E-state index contributed by atoms with van der Waals surface area (Å²) >= 11 is 1.54. The van der Waals surface area contributed by atoms with Crippen LogP contribution < -0.4 is 10.1 Å². The van der Waals surface area contributed by atoms with Crippen LogP contribution in [0.5, 0.6) is 5.75 Å². The second-order valence-electron chi connectivity index (χ2n) is 5.35. The standard InChI is InChI=1S/C19H18FN3O2S/c1-3-25-16-12-23(14-10-8-13(20)9-11-14)22-18(16)19(24)21-15-6-4-5-7-17(15)26-2/h4-12H,3H2,1-2H3,(H,21,24). The first-order valence-corrected chi connectivity index (χ1v) is 9.27. The van der Waals surface area contributed by atoms with Gasteiger partial charge in [0.15, 0.2) is 11.4 Å². The van der Waals surface area contributed by atoms with Crippen LogP contribution in [0.25, 0.3) is 5.69 Å². The Balaban J connectivity index is 1.92. The lowest BCUT2D eigenvalue weighted by molar-refractivity contribution is 0.101. The van der Waals surface area contributed by atoms with Crippen LogP contribution in [-0.2, 0) is 0 Å². The van der Waals surface area contributed by atoms with Crippen LogP contribution in [0.3, 0.4) is 0 Å². The number of aromatic nitrogens is 2. The Bertz CT molecular complexity index is 909. The average Bonchev–Trinajstić information content (AvgIpc) is 3.07. The van der Waals surface area contributed by atoms with Gasteiger partial charge in [0, 0.05) is 4.90 Å².